The van der Waals surface area contributed by atoms with Crippen LogP contribution in [0, 0.1) is 0 Å². The lowest BCUT2D eigenvalue weighted by molar-refractivity contribution is 0.0488. The maximum Gasteiger partial charge on any atom is 0.374 e. The number of halogens is 2. The third-order valence-electron chi connectivity index (χ3n) is 2.97. The number of rotatable bonds is 6. The van der Waals surface area contributed by atoms with Crippen LogP contribution < -0.4 is 15.8 Å². The summed E-state index contributed by atoms with van der Waals surface area (Å²) in [7, 11) is 1.54. The van der Waals surface area contributed by atoms with Gasteiger partial charge in [-0.25, -0.2) is 9.79 Å². The molecule has 0 fully saturated rings. The molecule has 0 atom stereocenters. The Morgan fingerprint density at radius 2 is 2.12 bits per heavy atom. The molecule has 136 valence electrons. The topological polar surface area (TPSA) is 99.1 Å². The summed E-state index contributed by atoms with van der Waals surface area (Å²) in [5.74, 6) is 0.878. The molecule has 0 spiro atoms. The largest absolute Gasteiger partial charge is 0.495 e. The number of benzene rings is 1. The number of nitrogens with zero attached hydrogens (tertiary/aromatic N) is 1. The fourth-order valence-electron chi connectivity index (χ4n) is 1.87. The Kier molecular flexibility index (Phi) is 8.56. The van der Waals surface area contributed by atoms with E-state index < -0.39 is 5.97 Å². The zero-order valence-electron chi connectivity index (χ0n) is 13.7. The standard InChI is InChI=1S/C16H18ClN3O4.HI/c1-3-23-15(21)14-7-5-11(24-14)9-19-16(18)20-10-4-6-13(22-2)12(17)8-10;/h4-8H,3,9H2,1-2H3,(H3,18,19,20);1H. The van der Waals surface area contributed by atoms with Crippen molar-refractivity contribution in [2.24, 2.45) is 10.7 Å². The van der Waals surface area contributed by atoms with Crippen LogP contribution >= 0.6 is 35.6 Å². The van der Waals surface area contributed by atoms with E-state index in [0.29, 0.717) is 22.2 Å². The molecule has 2 aromatic rings. The number of ether oxygens (including phenoxy) is 2. The summed E-state index contributed by atoms with van der Waals surface area (Å²) in [6, 6.07) is 8.34. The highest BCUT2D eigenvalue weighted by atomic mass is 127. The van der Waals surface area contributed by atoms with Gasteiger partial charge < -0.3 is 24.9 Å². The first-order chi connectivity index (χ1) is 11.5. The number of methoxy groups -OCH3 is 1. The molecule has 25 heavy (non-hydrogen) atoms. The Hall–Kier alpha value is -1.94. The molecule has 1 heterocycles. The number of nitrogens with two attached hydrogens (primary N) is 1. The van der Waals surface area contributed by atoms with Gasteiger partial charge in [0.05, 0.1) is 18.7 Å². The van der Waals surface area contributed by atoms with Gasteiger partial charge in [-0.2, -0.15) is 0 Å². The predicted molar refractivity (Wildman–Crippen MR) is 107 cm³/mol. The molecule has 2 rings (SSSR count). The van der Waals surface area contributed by atoms with Gasteiger partial charge in [-0.15, -0.1) is 24.0 Å². The maximum absolute atomic E-state index is 11.5. The van der Waals surface area contributed by atoms with Crippen LogP contribution in [0.3, 0.4) is 0 Å². The molecule has 0 amide bonds. The van der Waals surface area contributed by atoms with E-state index in [1.54, 1.807) is 31.2 Å². The molecule has 0 aliphatic heterocycles. The fraction of sp³-hybridized carbons (Fsp3) is 0.250. The lowest BCUT2D eigenvalue weighted by Crippen LogP contribution is -2.22. The number of nitrogens with one attached hydrogen (secondary N) is 1. The van der Waals surface area contributed by atoms with Crippen molar-refractivity contribution in [1.82, 2.24) is 0 Å². The van der Waals surface area contributed by atoms with Crippen molar-refractivity contribution in [2.75, 3.05) is 19.0 Å². The minimum atomic E-state index is -0.508. The van der Waals surface area contributed by atoms with Gasteiger partial charge >= 0.3 is 5.97 Å². The number of carbonyl (C=O) groups is 1. The quantitative estimate of drug-likeness (QED) is 0.284. The second-order valence-electron chi connectivity index (χ2n) is 4.66. The van der Waals surface area contributed by atoms with E-state index in [1.807, 2.05) is 0 Å². The first-order valence-corrected chi connectivity index (χ1v) is 7.57. The third-order valence-corrected chi connectivity index (χ3v) is 3.26. The Balaban J connectivity index is 0.00000312. The number of esters is 1. The van der Waals surface area contributed by atoms with Gasteiger partial charge in [-0.05, 0) is 37.3 Å². The minimum Gasteiger partial charge on any atom is -0.495 e. The molecular formula is C16H19ClIN3O4. The summed E-state index contributed by atoms with van der Waals surface area (Å²) in [4.78, 5) is 15.7. The third kappa shape index (κ3) is 6.13. The van der Waals surface area contributed by atoms with Crippen LogP contribution in [0.1, 0.15) is 23.2 Å². The summed E-state index contributed by atoms with van der Waals surface area (Å²) in [6.07, 6.45) is 0. The Bertz CT molecular complexity index is 749. The van der Waals surface area contributed by atoms with Gasteiger partial charge in [0.2, 0.25) is 5.76 Å². The highest BCUT2D eigenvalue weighted by Gasteiger charge is 2.11. The zero-order chi connectivity index (χ0) is 17.5. The molecule has 0 radical (unpaired) electrons. The molecule has 1 aromatic heterocycles. The molecule has 0 aliphatic rings. The molecule has 0 bridgehead atoms. The van der Waals surface area contributed by atoms with E-state index >= 15 is 0 Å². The van der Waals surface area contributed by atoms with Gasteiger partial charge in [-0.1, -0.05) is 11.6 Å². The van der Waals surface area contributed by atoms with Crippen LogP contribution in [-0.4, -0.2) is 25.6 Å². The highest BCUT2D eigenvalue weighted by Crippen LogP contribution is 2.27. The SMILES string of the molecule is CCOC(=O)c1ccc(CN=C(N)Nc2ccc(OC)c(Cl)c2)o1.I. The number of hydrogen-bond donors (Lipinski definition) is 2. The summed E-state index contributed by atoms with van der Waals surface area (Å²) < 4.78 is 15.3. The zero-order valence-corrected chi connectivity index (χ0v) is 16.8. The second-order valence-corrected chi connectivity index (χ2v) is 5.07. The average Bonchev–Trinajstić information content (AvgIpc) is 3.02. The number of anilines is 1. The van der Waals surface area contributed by atoms with Crippen molar-refractivity contribution in [3.05, 3.63) is 46.9 Å². The molecule has 0 saturated carbocycles. The van der Waals surface area contributed by atoms with Crippen molar-refractivity contribution in [3.63, 3.8) is 0 Å². The Labute approximate surface area is 167 Å². The first-order valence-electron chi connectivity index (χ1n) is 7.19. The van der Waals surface area contributed by atoms with Crippen molar-refractivity contribution in [3.8, 4) is 5.75 Å². The smallest absolute Gasteiger partial charge is 0.374 e. The Morgan fingerprint density at radius 1 is 1.36 bits per heavy atom. The predicted octanol–water partition coefficient (Wildman–Crippen LogP) is 3.66. The van der Waals surface area contributed by atoms with Gasteiger partial charge in [0.15, 0.2) is 5.96 Å². The van der Waals surface area contributed by atoms with Crippen LogP contribution in [0.25, 0.3) is 0 Å². The summed E-state index contributed by atoms with van der Waals surface area (Å²) in [6.45, 7) is 2.19. The molecule has 3 N–H and O–H groups in total. The number of hydrogen-bond acceptors (Lipinski definition) is 5. The van der Waals surface area contributed by atoms with E-state index in [-0.39, 0.29) is 48.8 Å². The van der Waals surface area contributed by atoms with E-state index in [4.69, 9.17) is 31.2 Å². The number of furan rings is 1. The van der Waals surface area contributed by atoms with Crippen LogP contribution in [0.5, 0.6) is 5.75 Å². The molecule has 7 nitrogen and oxygen atoms in total. The number of aliphatic imine (C=N–C) groups is 1. The normalized spacial score (nSPS) is 10.8. The van der Waals surface area contributed by atoms with E-state index in [2.05, 4.69) is 10.3 Å². The molecule has 0 aliphatic carbocycles. The Morgan fingerprint density at radius 3 is 2.76 bits per heavy atom. The van der Waals surface area contributed by atoms with E-state index in [0.717, 1.165) is 0 Å². The van der Waals surface area contributed by atoms with Crippen LogP contribution in [-0.2, 0) is 11.3 Å². The molecule has 0 saturated heterocycles. The van der Waals surface area contributed by atoms with Crippen molar-refractivity contribution in [1.29, 1.82) is 0 Å². The fourth-order valence-corrected chi connectivity index (χ4v) is 2.13. The maximum atomic E-state index is 11.5. The molecular weight excluding hydrogens is 461 g/mol. The van der Waals surface area contributed by atoms with Crippen molar-refractivity contribution < 1.29 is 18.7 Å². The van der Waals surface area contributed by atoms with Crippen molar-refractivity contribution >= 4 is 53.2 Å². The molecule has 9 heteroatoms. The summed E-state index contributed by atoms with van der Waals surface area (Å²) in [5.41, 5.74) is 6.49. The average molecular weight is 480 g/mol. The summed E-state index contributed by atoms with van der Waals surface area (Å²) in [5, 5.41) is 3.37. The summed E-state index contributed by atoms with van der Waals surface area (Å²) >= 11 is 6.04. The van der Waals surface area contributed by atoms with Gasteiger partial charge in [-0.3, -0.25) is 0 Å². The van der Waals surface area contributed by atoms with E-state index in [1.165, 1.54) is 13.2 Å². The second kappa shape index (κ2) is 10.1. The van der Waals surface area contributed by atoms with Gasteiger partial charge in [0.1, 0.15) is 18.1 Å². The lowest BCUT2D eigenvalue weighted by atomic mass is 10.3. The minimum absolute atomic E-state index is 0. The van der Waals surface area contributed by atoms with Crippen LogP contribution in [0.15, 0.2) is 39.7 Å². The van der Waals surface area contributed by atoms with Gasteiger partial charge in [0.25, 0.3) is 0 Å². The molecule has 0 unspecified atom stereocenters. The van der Waals surface area contributed by atoms with Crippen molar-refractivity contribution in [2.45, 2.75) is 13.5 Å². The number of guanidine groups is 1. The highest BCUT2D eigenvalue weighted by molar-refractivity contribution is 14.0. The first kappa shape index (κ1) is 21.1. The van der Waals surface area contributed by atoms with Crippen LogP contribution in [0.2, 0.25) is 5.02 Å². The van der Waals surface area contributed by atoms with E-state index in [9.17, 15) is 4.79 Å². The van der Waals surface area contributed by atoms with Crippen LogP contribution in [0.4, 0.5) is 5.69 Å². The lowest BCUT2D eigenvalue weighted by Gasteiger charge is -2.08. The molecule has 1 aromatic carbocycles. The van der Waals surface area contributed by atoms with Gasteiger partial charge in [0, 0.05) is 5.69 Å². The number of carbonyl (C=O) groups excluding carboxylic acids is 1. The monoisotopic (exact) mass is 479 g/mol.